The van der Waals surface area contributed by atoms with E-state index in [1.165, 1.54) is 0 Å². The number of rotatable bonds is 4. The highest BCUT2D eigenvalue weighted by Crippen LogP contribution is 2.20. The number of ether oxygens (including phenoxy) is 1. The summed E-state index contributed by atoms with van der Waals surface area (Å²) in [5.74, 6) is 0.955. The van der Waals surface area contributed by atoms with E-state index in [1.807, 2.05) is 36.1 Å². The van der Waals surface area contributed by atoms with Gasteiger partial charge in [-0.1, -0.05) is 23.8 Å². The van der Waals surface area contributed by atoms with Crippen LogP contribution in [0.5, 0.6) is 5.75 Å². The molecule has 2 N–H and O–H groups in total. The molecule has 0 radical (unpaired) electrons. The first-order valence-electron chi connectivity index (χ1n) is 7.43. The number of nitrogens with two attached hydrogens (primary N) is 1. The molecule has 0 aromatic heterocycles. The van der Waals surface area contributed by atoms with E-state index >= 15 is 0 Å². The highest BCUT2D eigenvalue weighted by atomic mass is 16.5. The second-order valence-electron chi connectivity index (χ2n) is 5.64. The molecule has 1 heterocycles. The molecule has 1 aromatic rings. The van der Waals surface area contributed by atoms with Gasteiger partial charge in [-0.25, -0.2) is 0 Å². The number of benzene rings is 1. The van der Waals surface area contributed by atoms with Crippen LogP contribution in [0.4, 0.5) is 0 Å². The quantitative estimate of drug-likeness (QED) is 0.864. The number of carbonyl (C=O) groups excluding carboxylic acids is 1. The molecule has 1 fully saturated rings. The van der Waals surface area contributed by atoms with Crippen LogP contribution in [0.1, 0.15) is 25.3 Å². The first-order valence-corrected chi connectivity index (χ1v) is 7.43. The van der Waals surface area contributed by atoms with E-state index in [0.717, 1.165) is 49.2 Å². The average Bonchev–Trinajstić information content (AvgIpc) is 2.48. The summed E-state index contributed by atoms with van der Waals surface area (Å²) in [6, 6.07) is 8.15. The van der Waals surface area contributed by atoms with E-state index in [2.05, 4.69) is 0 Å². The van der Waals surface area contributed by atoms with E-state index in [9.17, 15) is 4.79 Å². The van der Waals surface area contributed by atoms with E-state index in [1.54, 1.807) is 13.2 Å². The van der Waals surface area contributed by atoms with Crippen LogP contribution in [-0.4, -0.2) is 37.0 Å². The molecular weight excluding hydrogens is 264 g/mol. The number of likely N-dealkylation sites (tertiary alicyclic amines) is 1. The monoisotopic (exact) mass is 288 g/mol. The fourth-order valence-corrected chi connectivity index (χ4v) is 2.62. The number of allylic oxidation sites excluding steroid dienone is 1. The van der Waals surface area contributed by atoms with E-state index in [-0.39, 0.29) is 11.9 Å². The summed E-state index contributed by atoms with van der Waals surface area (Å²) in [5.41, 5.74) is 8.01. The van der Waals surface area contributed by atoms with Gasteiger partial charge < -0.3 is 15.4 Å². The van der Waals surface area contributed by atoms with Gasteiger partial charge in [-0.3, -0.25) is 4.79 Å². The largest absolute Gasteiger partial charge is 0.496 e. The topological polar surface area (TPSA) is 55.6 Å². The zero-order valence-electron chi connectivity index (χ0n) is 12.8. The Hall–Kier alpha value is -1.81. The number of carbonyl (C=O) groups is 1. The van der Waals surface area contributed by atoms with Gasteiger partial charge in [0.2, 0.25) is 5.91 Å². The number of hydrogen-bond acceptors (Lipinski definition) is 3. The van der Waals surface area contributed by atoms with Crippen LogP contribution in [0.25, 0.3) is 0 Å². The molecule has 21 heavy (non-hydrogen) atoms. The fourth-order valence-electron chi connectivity index (χ4n) is 2.62. The summed E-state index contributed by atoms with van der Waals surface area (Å²) in [4.78, 5) is 14.1. The molecule has 0 spiro atoms. The van der Waals surface area contributed by atoms with Crippen molar-refractivity contribution in [1.29, 1.82) is 0 Å². The smallest absolute Gasteiger partial charge is 0.246 e. The highest BCUT2D eigenvalue weighted by molar-refractivity contribution is 5.88. The van der Waals surface area contributed by atoms with Gasteiger partial charge in [0.05, 0.1) is 7.11 Å². The minimum atomic E-state index is 0.0919. The van der Waals surface area contributed by atoms with Crippen molar-refractivity contribution in [2.75, 3.05) is 20.2 Å². The molecule has 1 aliphatic heterocycles. The van der Waals surface area contributed by atoms with Crippen LogP contribution in [0.15, 0.2) is 35.9 Å². The third-order valence-corrected chi connectivity index (χ3v) is 3.88. The Morgan fingerprint density at radius 2 is 2.05 bits per heavy atom. The zero-order chi connectivity index (χ0) is 15.2. The number of para-hydroxylation sites is 1. The van der Waals surface area contributed by atoms with Crippen LogP contribution in [0.2, 0.25) is 0 Å². The molecule has 4 heteroatoms. The van der Waals surface area contributed by atoms with Gasteiger partial charge in [-0.2, -0.15) is 0 Å². The maximum atomic E-state index is 12.2. The summed E-state index contributed by atoms with van der Waals surface area (Å²) in [7, 11) is 1.67. The Labute approximate surface area is 126 Å². The van der Waals surface area contributed by atoms with Crippen LogP contribution < -0.4 is 10.5 Å². The standard InChI is InChI=1S/C17H24N2O2/c1-13(11-14-5-3-4-6-16(14)21-2)12-17(20)19-9-7-15(18)8-10-19/h3-6,12,15H,7-11,18H2,1-2H3. The maximum absolute atomic E-state index is 12.2. The van der Waals surface area contributed by atoms with E-state index in [0.29, 0.717) is 0 Å². The highest BCUT2D eigenvalue weighted by Gasteiger charge is 2.19. The predicted octanol–water partition coefficient (Wildman–Crippen LogP) is 2.13. The molecule has 2 rings (SSSR count). The van der Waals surface area contributed by atoms with Gasteiger partial charge >= 0.3 is 0 Å². The van der Waals surface area contributed by atoms with Crippen molar-refractivity contribution in [3.05, 3.63) is 41.5 Å². The van der Waals surface area contributed by atoms with Crippen LogP contribution >= 0.6 is 0 Å². The van der Waals surface area contributed by atoms with Crippen molar-refractivity contribution < 1.29 is 9.53 Å². The number of piperidine rings is 1. The predicted molar refractivity (Wildman–Crippen MR) is 84.2 cm³/mol. The second-order valence-corrected chi connectivity index (χ2v) is 5.64. The Bertz CT molecular complexity index is 517. The van der Waals surface area contributed by atoms with Gasteiger partial charge in [-0.05, 0) is 37.8 Å². The van der Waals surface area contributed by atoms with E-state index < -0.39 is 0 Å². The molecule has 0 saturated carbocycles. The Morgan fingerprint density at radius 1 is 1.38 bits per heavy atom. The molecule has 114 valence electrons. The first kappa shape index (κ1) is 15.6. The summed E-state index contributed by atoms with van der Waals surface area (Å²) >= 11 is 0. The third-order valence-electron chi connectivity index (χ3n) is 3.88. The summed E-state index contributed by atoms with van der Waals surface area (Å²) < 4.78 is 5.34. The van der Waals surface area contributed by atoms with Crippen molar-refractivity contribution in [3.8, 4) is 5.75 Å². The second kappa shape index (κ2) is 7.27. The maximum Gasteiger partial charge on any atom is 0.246 e. The average molecular weight is 288 g/mol. The lowest BCUT2D eigenvalue weighted by Crippen LogP contribution is -2.42. The van der Waals surface area contributed by atoms with Gasteiger partial charge in [0, 0.05) is 25.2 Å². The van der Waals surface area contributed by atoms with E-state index in [4.69, 9.17) is 10.5 Å². The molecule has 0 bridgehead atoms. The number of amides is 1. The zero-order valence-corrected chi connectivity index (χ0v) is 12.8. The van der Waals surface area contributed by atoms with Gasteiger partial charge in [0.25, 0.3) is 0 Å². The van der Waals surface area contributed by atoms with Gasteiger partial charge in [-0.15, -0.1) is 0 Å². The van der Waals surface area contributed by atoms with Crippen molar-refractivity contribution in [2.45, 2.75) is 32.2 Å². The normalized spacial score (nSPS) is 16.9. The van der Waals surface area contributed by atoms with Crippen molar-refractivity contribution in [3.63, 3.8) is 0 Å². The Kier molecular flexibility index (Phi) is 5.39. The number of nitrogens with zero attached hydrogens (tertiary/aromatic N) is 1. The number of methoxy groups -OCH3 is 1. The molecule has 0 unspecified atom stereocenters. The lowest BCUT2D eigenvalue weighted by molar-refractivity contribution is -0.127. The Balaban J connectivity index is 1.98. The molecule has 1 amide bonds. The minimum absolute atomic E-state index is 0.0919. The summed E-state index contributed by atoms with van der Waals surface area (Å²) in [6.45, 7) is 3.51. The molecule has 0 aliphatic carbocycles. The first-order chi connectivity index (χ1) is 10.1. The molecule has 4 nitrogen and oxygen atoms in total. The lowest BCUT2D eigenvalue weighted by atomic mass is 10.0. The molecule has 1 aromatic carbocycles. The van der Waals surface area contributed by atoms with Gasteiger partial charge in [0.15, 0.2) is 0 Å². The Morgan fingerprint density at radius 3 is 2.71 bits per heavy atom. The van der Waals surface area contributed by atoms with Crippen molar-refractivity contribution in [1.82, 2.24) is 4.90 Å². The SMILES string of the molecule is COc1ccccc1CC(C)=CC(=O)N1CCC(N)CC1. The molecular formula is C17H24N2O2. The fraction of sp³-hybridized carbons (Fsp3) is 0.471. The van der Waals surface area contributed by atoms with Crippen molar-refractivity contribution >= 4 is 5.91 Å². The van der Waals surface area contributed by atoms with Crippen LogP contribution in [0, 0.1) is 0 Å². The lowest BCUT2D eigenvalue weighted by Gasteiger charge is -2.29. The van der Waals surface area contributed by atoms with Crippen molar-refractivity contribution in [2.24, 2.45) is 5.73 Å². The van der Waals surface area contributed by atoms with Crippen LogP contribution in [0.3, 0.4) is 0 Å². The number of hydrogen-bond donors (Lipinski definition) is 1. The molecule has 1 saturated heterocycles. The van der Waals surface area contributed by atoms with Crippen LogP contribution in [-0.2, 0) is 11.2 Å². The summed E-state index contributed by atoms with van der Waals surface area (Å²) in [6.07, 6.45) is 4.25. The molecule has 1 aliphatic rings. The summed E-state index contributed by atoms with van der Waals surface area (Å²) in [5, 5.41) is 0. The minimum Gasteiger partial charge on any atom is -0.496 e. The molecule has 0 atom stereocenters. The third kappa shape index (κ3) is 4.33. The van der Waals surface area contributed by atoms with Gasteiger partial charge in [0.1, 0.15) is 5.75 Å².